The lowest BCUT2D eigenvalue weighted by Gasteiger charge is -2.38. The number of aromatic nitrogens is 1. The third-order valence-corrected chi connectivity index (χ3v) is 23.9. The first-order chi connectivity index (χ1) is 60.6. The van der Waals surface area contributed by atoms with E-state index in [0.717, 1.165) is 36.3 Å². The first kappa shape index (κ1) is 101. The van der Waals surface area contributed by atoms with E-state index in [1.54, 1.807) is 126 Å². The van der Waals surface area contributed by atoms with E-state index in [0.29, 0.717) is 63.7 Å². The third kappa shape index (κ3) is 28.1. The normalized spacial score (nSPS) is 23.3. The van der Waals surface area contributed by atoms with E-state index < -0.39 is 203 Å². The number of rotatable bonds is 20. The Morgan fingerprint density at radius 2 is 0.875 bits per heavy atom. The van der Waals surface area contributed by atoms with Gasteiger partial charge in [0.1, 0.15) is 84.0 Å². The van der Waals surface area contributed by atoms with Crippen LogP contribution in [-0.2, 0) is 106 Å². The van der Waals surface area contributed by atoms with E-state index in [2.05, 4.69) is 47.5 Å². The summed E-state index contributed by atoms with van der Waals surface area (Å²) < 4.78 is 44.7. The van der Waals surface area contributed by atoms with E-state index >= 15 is 51.9 Å². The fourth-order valence-electron chi connectivity index (χ4n) is 15.0. The molecule has 13 atom stereocenters. The monoisotopic (exact) mass is 1790 g/mol. The van der Waals surface area contributed by atoms with Crippen molar-refractivity contribution >= 4 is 105 Å². The van der Waals surface area contributed by atoms with Crippen LogP contribution in [0.25, 0.3) is 10.9 Å². The summed E-state index contributed by atoms with van der Waals surface area (Å²) >= 11 is 0.981. The van der Waals surface area contributed by atoms with Crippen molar-refractivity contribution in [3.63, 3.8) is 0 Å². The Hall–Kier alpha value is -12.8. The second kappa shape index (κ2) is 47.1. The molecule has 35 heteroatoms. The number of hydrogen-bond acceptors (Lipinski definition) is 17. The number of carbonyl (C=O) groups is 14. The van der Waals surface area contributed by atoms with Crippen LogP contribution in [0.1, 0.15) is 121 Å². The van der Waals surface area contributed by atoms with Gasteiger partial charge in [0.25, 0.3) is 0 Å². The van der Waals surface area contributed by atoms with Gasteiger partial charge >= 0.3 is 5.97 Å². The van der Waals surface area contributed by atoms with E-state index in [-0.39, 0.29) is 73.7 Å². The van der Waals surface area contributed by atoms with Crippen LogP contribution >= 0.6 is 11.8 Å². The van der Waals surface area contributed by atoms with Gasteiger partial charge in [-0.1, -0.05) is 151 Å². The third-order valence-electron chi connectivity index (χ3n) is 22.7. The van der Waals surface area contributed by atoms with Crippen LogP contribution in [0.2, 0.25) is 0 Å². The number of amides is 13. The molecule has 13 amide bonds. The molecule has 1 aliphatic rings. The number of thioether (sulfide) groups is 1. The second-order valence-corrected chi connectivity index (χ2v) is 34.4. The summed E-state index contributed by atoms with van der Waals surface area (Å²) in [6.45, 7) is 12.8. The van der Waals surface area contributed by atoms with Gasteiger partial charge in [-0.05, 0) is 121 Å². The molecule has 31 nitrogen and oxygen atoms in total. The smallest absolute Gasteiger partial charge is 0.305 e. The molecule has 1 aliphatic heterocycles. The highest BCUT2D eigenvalue weighted by Crippen LogP contribution is 2.26. The molecular formula is C93H117F3N14O17S. The number of aliphatic carboxylic acids is 1. The molecule has 0 radical (unpaired) electrons. The van der Waals surface area contributed by atoms with Gasteiger partial charge in [-0.3, -0.25) is 67.1 Å². The molecule has 7 aromatic rings. The van der Waals surface area contributed by atoms with E-state index in [1.165, 1.54) is 97.6 Å². The number of aromatic amines is 1. The summed E-state index contributed by atoms with van der Waals surface area (Å²) in [6.07, 6.45) is -0.529. The molecule has 1 aromatic heterocycles. The summed E-state index contributed by atoms with van der Waals surface area (Å²) in [5.74, 6) is -20.2. The number of fused-ring (bicyclic) bond motifs is 1. The average molecular weight is 1790 g/mol. The van der Waals surface area contributed by atoms with Gasteiger partial charge in [-0.2, -0.15) is 0 Å². The van der Waals surface area contributed by atoms with Gasteiger partial charge in [0.15, 0.2) is 17.5 Å². The Bertz CT molecular complexity index is 5050. The van der Waals surface area contributed by atoms with Crippen LogP contribution < -0.4 is 42.5 Å². The molecule has 0 spiro atoms. The highest BCUT2D eigenvalue weighted by molar-refractivity contribution is 8.00. The van der Waals surface area contributed by atoms with Crippen molar-refractivity contribution in [1.82, 2.24) is 72.0 Å². The fraction of sp³-hybridized carbons (Fsp3) is 0.441. The van der Waals surface area contributed by atoms with Crippen LogP contribution in [0.5, 0.6) is 11.5 Å². The molecule has 0 saturated carbocycles. The van der Waals surface area contributed by atoms with Gasteiger partial charge in [0, 0.05) is 103 Å². The van der Waals surface area contributed by atoms with Gasteiger partial charge in [-0.15, -0.1) is 11.8 Å². The minimum atomic E-state index is -1.95. The maximum atomic E-state index is 15.5. The number of aromatic hydroxyl groups is 2. The highest BCUT2D eigenvalue weighted by Gasteiger charge is 2.43. The first-order valence-electron chi connectivity index (χ1n) is 42.5. The lowest BCUT2D eigenvalue weighted by molar-refractivity contribution is -0.152. The predicted octanol–water partition coefficient (Wildman–Crippen LogP) is 5.94. The van der Waals surface area contributed by atoms with Gasteiger partial charge in [-0.25, -0.2) is 13.2 Å². The number of likely N-dealkylation sites (N-methyl/N-ethyl adjacent to an activating group) is 5. The number of nitrogens with one attached hydrogen (secondary N) is 9. The first-order valence-corrected chi connectivity index (χ1v) is 43.7. The molecule has 0 aliphatic carbocycles. The average Bonchev–Trinajstić information content (AvgIpc) is 1.28. The standard InChI is InChI=1S/C93H117F3N14O17S/c1-14-15-30-75-91(125)107(10)56(8)83(117)101-72(48-79(114)115)87(121)105-81(53(4)5)93(127)109(12)76(45-57-24-18-16-19-25-57)88(122)104-74(43-60-33-37-64(112)38-34-60)89(123)106(9)55(7)82(116)100-71(47-62-49-97-68-29-23-22-28-65(62)68)86(120)103-70(42-59-31-35-63(111)36-32-59)85(119)102-69(39-52(2)3)84(118)98-54(6)50-128-51-78(113)99-73(44-61-40-66(94)80(96)67(95)41-61)90(124)110(13)77(92(126)108(75)11)46-58-26-20-17-21-27-58/h16-29,31-38,40-41,49,52-56,69-77,81,97,111-112H,14-15,30,39,42-48,50-51H2,1-13H3,(H,98,118)(H,99,113)(H,100,116)(H,101,117)(H,102,119)(H,103,120)(H,104,122)(H,105,121)(H,114,115)/t54-,55-,56-,69+,70+,71+,72+,73+,74+,75+,76+,77+,81+/m1/s1. The number of benzene rings is 6. The number of carboxylic acids is 1. The number of unbranched alkanes of at least 4 members (excludes halogenated alkanes) is 1. The Kier molecular flexibility index (Phi) is 37.0. The molecule has 0 bridgehead atoms. The van der Waals surface area contributed by atoms with Crippen molar-refractivity contribution in [2.75, 3.05) is 46.7 Å². The van der Waals surface area contributed by atoms with Crippen molar-refractivity contribution < 1.29 is 95.6 Å². The Morgan fingerprint density at radius 1 is 0.445 bits per heavy atom. The van der Waals surface area contributed by atoms with Crippen LogP contribution in [0.3, 0.4) is 0 Å². The molecule has 6 aromatic carbocycles. The van der Waals surface area contributed by atoms with Crippen molar-refractivity contribution in [3.05, 3.63) is 203 Å². The molecule has 0 unspecified atom stereocenters. The predicted molar refractivity (Wildman–Crippen MR) is 475 cm³/mol. The minimum Gasteiger partial charge on any atom is -0.508 e. The molecule has 2 heterocycles. The number of hydrogen-bond donors (Lipinski definition) is 12. The summed E-state index contributed by atoms with van der Waals surface area (Å²) in [4.78, 5) is 217. The highest BCUT2D eigenvalue weighted by atomic mass is 32.2. The second-order valence-electron chi connectivity index (χ2n) is 33.4. The SMILES string of the molecule is CCCC[C@H]1C(=O)N(C)[C@H](C)C(=O)N[C@@H](CC(=O)O)C(=O)N[C@@H](C(C)C)C(=O)N(C)[C@@H](Cc2ccccc2)C(=O)N[C@@H](Cc2ccc(O)cc2)C(=O)N(C)[C@H](C)C(=O)N[C@@H](Cc2c[nH]c3ccccc23)C(=O)N[C@@H](Cc2ccc(O)cc2)C(=O)N[C@@H](CC(C)C)C(=O)N[C@H](C)CSCC(=O)N[C@@H](Cc2cc(F)c(F)c(F)c2)C(=O)N(C)[C@@H](Cc2ccccc2)C(=O)N1C. The number of phenols is 2. The molecule has 8 rings (SSSR count). The number of nitrogens with zero attached hydrogens (tertiary/aromatic N) is 5. The number of halogens is 3. The van der Waals surface area contributed by atoms with Crippen LogP contribution in [0.4, 0.5) is 13.2 Å². The summed E-state index contributed by atoms with van der Waals surface area (Å²) in [6, 6.07) is 17.2. The van der Waals surface area contributed by atoms with Crippen LogP contribution in [0.15, 0.2) is 152 Å². The largest absolute Gasteiger partial charge is 0.508 e. The molecule has 12 N–H and O–H groups in total. The zero-order valence-corrected chi connectivity index (χ0v) is 74.9. The Morgan fingerprint density at radius 3 is 1.42 bits per heavy atom. The van der Waals surface area contributed by atoms with E-state index in [1.807, 2.05) is 6.92 Å². The van der Waals surface area contributed by atoms with Crippen LogP contribution in [0, 0.1) is 29.3 Å². The number of phenolic OH excluding ortho intramolecular Hbond substituents is 2. The summed E-state index contributed by atoms with van der Waals surface area (Å²) in [5, 5.41) is 53.5. The zero-order chi connectivity index (χ0) is 94.1. The van der Waals surface area contributed by atoms with E-state index in [4.69, 9.17) is 0 Å². The summed E-state index contributed by atoms with van der Waals surface area (Å²) in [5.41, 5.74) is 2.77. The number of para-hydroxylation sites is 1. The van der Waals surface area contributed by atoms with Crippen LogP contribution in [-0.4, -0.2) is 253 Å². The maximum absolute atomic E-state index is 15.5. The fourth-order valence-corrected chi connectivity index (χ4v) is 15.8. The lowest BCUT2D eigenvalue weighted by Crippen LogP contribution is -2.62. The molecule has 128 heavy (non-hydrogen) atoms. The molecular weight excluding hydrogens is 1670 g/mol. The van der Waals surface area contributed by atoms with Crippen molar-refractivity contribution in [3.8, 4) is 11.5 Å². The topological polar surface area (TPSA) is 428 Å². The molecule has 688 valence electrons. The van der Waals surface area contributed by atoms with Crippen molar-refractivity contribution in [1.29, 1.82) is 0 Å². The van der Waals surface area contributed by atoms with Crippen molar-refractivity contribution in [2.45, 2.75) is 205 Å². The quantitative estimate of drug-likeness (QED) is 0.0393. The Balaban J connectivity index is 1.21. The number of carbonyl (C=O) groups excluding carboxylic acids is 13. The summed E-state index contributed by atoms with van der Waals surface area (Å²) in [7, 11) is 6.34. The lowest BCUT2D eigenvalue weighted by atomic mass is 9.98. The van der Waals surface area contributed by atoms with E-state index in [9.17, 15) is 43.7 Å². The van der Waals surface area contributed by atoms with Gasteiger partial charge in [0.05, 0.1) is 12.2 Å². The molecule has 1 saturated heterocycles. The minimum absolute atomic E-state index is 0.00532. The van der Waals surface area contributed by atoms with Crippen molar-refractivity contribution in [2.24, 2.45) is 11.8 Å². The maximum Gasteiger partial charge on any atom is 0.305 e. The van der Waals surface area contributed by atoms with Gasteiger partial charge < -0.3 is 87.3 Å². The van der Waals surface area contributed by atoms with Gasteiger partial charge in [0.2, 0.25) is 76.8 Å². The zero-order valence-electron chi connectivity index (χ0n) is 74.1. The molecule has 1 fully saturated rings. The number of H-pyrrole nitrogens is 1. The Labute approximate surface area is 746 Å². The number of carboxylic acid groups (broad SMARTS) is 1.